The first kappa shape index (κ1) is 17.5. The monoisotopic (exact) mass is 337 g/mol. The number of amides is 1. The standard InChI is InChI=1S/C22H27NO2/c1-3-21(22(24)23-15-17-8-6-7-16(2)13-17)25-20-12-11-18-9-4-5-10-19(18)14-20/h6-8,11-14,21H,3-5,9-10,15H2,1-2H3,(H,23,24). The van der Waals surface area contributed by atoms with Crippen LogP contribution in [0.25, 0.3) is 0 Å². The van der Waals surface area contributed by atoms with Gasteiger partial charge in [0.1, 0.15) is 5.75 Å². The van der Waals surface area contributed by atoms with Gasteiger partial charge in [-0.2, -0.15) is 0 Å². The van der Waals surface area contributed by atoms with Gasteiger partial charge in [-0.15, -0.1) is 0 Å². The second kappa shape index (κ2) is 8.19. The van der Waals surface area contributed by atoms with Gasteiger partial charge in [-0.05, 0) is 67.9 Å². The Labute approximate surface area is 150 Å². The van der Waals surface area contributed by atoms with Crippen LogP contribution in [0.4, 0.5) is 0 Å². The topological polar surface area (TPSA) is 38.3 Å². The zero-order chi connectivity index (χ0) is 17.6. The van der Waals surface area contributed by atoms with E-state index < -0.39 is 6.10 Å². The molecule has 1 amide bonds. The number of nitrogens with one attached hydrogen (secondary N) is 1. The molecule has 0 fully saturated rings. The molecule has 0 aromatic heterocycles. The number of hydrogen-bond donors (Lipinski definition) is 1. The molecule has 3 heteroatoms. The Bertz CT molecular complexity index is 739. The molecule has 0 spiro atoms. The fourth-order valence-electron chi connectivity index (χ4n) is 3.39. The van der Waals surface area contributed by atoms with Crippen LogP contribution in [0.15, 0.2) is 42.5 Å². The van der Waals surface area contributed by atoms with Crippen LogP contribution < -0.4 is 10.1 Å². The van der Waals surface area contributed by atoms with E-state index >= 15 is 0 Å². The van der Waals surface area contributed by atoms with Gasteiger partial charge in [0, 0.05) is 6.54 Å². The third-order valence-electron chi connectivity index (χ3n) is 4.81. The van der Waals surface area contributed by atoms with Gasteiger partial charge in [-0.1, -0.05) is 42.8 Å². The lowest BCUT2D eigenvalue weighted by molar-refractivity contribution is -0.128. The molecule has 3 rings (SSSR count). The quantitative estimate of drug-likeness (QED) is 0.851. The molecule has 1 aliphatic carbocycles. The highest BCUT2D eigenvalue weighted by Crippen LogP contribution is 2.26. The molecule has 0 radical (unpaired) electrons. The van der Waals surface area contributed by atoms with Crippen molar-refractivity contribution in [3.05, 3.63) is 64.7 Å². The normalized spacial score (nSPS) is 14.5. The lowest BCUT2D eigenvalue weighted by Crippen LogP contribution is -2.37. The van der Waals surface area contributed by atoms with Crippen molar-refractivity contribution in [2.75, 3.05) is 0 Å². The smallest absolute Gasteiger partial charge is 0.261 e. The molecule has 0 aliphatic heterocycles. The summed E-state index contributed by atoms with van der Waals surface area (Å²) in [6.07, 6.45) is 4.98. The fourth-order valence-corrected chi connectivity index (χ4v) is 3.39. The van der Waals surface area contributed by atoms with E-state index in [2.05, 4.69) is 36.5 Å². The Balaban J connectivity index is 1.60. The van der Waals surface area contributed by atoms with Gasteiger partial charge in [0.15, 0.2) is 6.10 Å². The number of carbonyl (C=O) groups excluding carboxylic acids is 1. The zero-order valence-corrected chi connectivity index (χ0v) is 15.2. The number of benzene rings is 2. The summed E-state index contributed by atoms with van der Waals surface area (Å²) in [5, 5.41) is 3.00. The highest BCUT2D eigenvalue weighted by Gasteiger charge is 2.19. The molecule has 0 saturated carbocycles. The number of fused-ring (bicyclic) bond motifs is 1. The molecule has 2 aromatic carbocycles. The molecule has 132 valence electrons. The molecular formula is C22H27NO2. The van der Waals surface area contributed by atoms with E-state index in [0.29, 0.717) is 13.0 Å². The summed E-state index contributed by atoms with van der Waals surface area (Å²) in [7, 11) is 0. The third-order valence-corrected chi connectivity index (χ3v) is 4.81. The Hall–Kier alpha value is -2.29. The summed E-state index contributed by atoms with van der Waals surface area (Å²) in [5.74, 6) is 0.750. The van der Waals surface area contributed by atoms with Crippen molar-refractivity contribution in [2.24, 2.45) is 0 Å². The van der Waals surface area contributed by atoms with Crippen LogP contribution in [0, 0.1) is 6.92 Å². The van der Waals surface area contributed by atoms with Crippen molar-refractivity contribution in [1.82, 2.24) is 5.32 Å². The van der Waals surface area contributed by atoms with Crippen LogP contribution in [0.5, 0.6) is 5.75 Å². The molecule has 2 aromatic rings. The van der Waals surface area contributed by atoms with Crippen LogP contribution in [0.1, 0.15) is 48.4 Å². The summed E-state index contributed by atoms with van der Waals surface area (Å²) in [6, 6.07) is 14.5. The second-order valence-electron chi connectivity index (χ2n) is 6.86. The molecular weight excluding hydrogens is 310 g/mol. The zero-order valence-electron chi connectivity index (χ0n) is 15.2. The Kier molecular flexibility index (Phi) is 5.75. The van der Waals surface area contributed by atoms with Gasteiger partial charge in [0.25, 0.3) is 5.91 Å². The average molecular weight is 337 g/mol. The van der Waals surface area contributed by atoms with Gasteiger partial charge in [-0.3, -0.25) is 4.79 Å². The summed E-state index contributed by atoms with van der Waals surface area (Å²) in [4.78, 5) is 12.5. The predicted octanol–water partition coefficient (Wildman–Crippen LogP) is 4.35. The number of ether oxygens (including phenoxy) is 1. The minimum Gasteiger partial charge on any atom is -0.481 e. The Morgan fingerprint density at radius 3 is 2.68 bits per heavy atom. The molecule has 0 bridgehead atoms. The summed E-state index contributed by atoms with van der Waals surface area (Å²) < 4.78 is 5.99. The van der Waals surface area contributed by atoms with Crippen LogP contribution in [-0.4, -0.2) is 12.0 Å². The Morgan fingerprint density at radius 1 is 1.12 bits per heavy atom. The predicted molar refractivity (Wildman–Crippen MR) is 101 cm³/mol. The third kappa shape index (κ3) is 4.62. The minimum absolute atomic E-state index is 0.0540. The molecule has 25 heavy (non-hydrogen) atoms. The van der Waals surface area contributed by atoms with Crippen molar-refractivity contribution >= 4 is 5.91 Å². The highest BCUT2D eigenvalue weighted by atomic mass is 16.5. The summed E-state index contributed by atoms with van der Waals surface area (Å²) >= 11 is 0. The minimum atomic E-state index is -0.452. The van der Waals surface area contributed by atoms with Gasteiger partial charge >= 0.3 is 0 Å². The number of carbonyl (C=O) groups is 1. The second-order valence-corrected chi connectivity index (χ2v) is 6.86. The van der Waals surface area contributed by atoms with Crippen molar-refractivity contribution < 1.29 is 9.53 Å². The fraction of sp³-hybridized carbons (Fsp3) is 0.409. The van der Waals surface area contributed by atoms with E-state index in [0.717, 1.165) is 24.2 Å². The van der Waals surface area contributed by atoms with Gasteiger partial charge in [-0.25, -0.2) is 0 Å². The van der Waals surface area contributed by atoms with Gasteiger partial charge in [0.2, 0.25) is 0 Å². The SMILES string of the molecule is CCC(Oc1ccc2c(c1)CCCC2)C(=O)NCc1cccc(C)c1. The lowest BCUT2D eigenvalue weighted by atomic mass is 9.92. The van der Waals surface area contributed by atoms with E-state index in [1.54, 1.807) is 0 Å². The van der Waals surface area contributed by atoms with E-state index in [1.165, 1.54) is 29.5 Å². The number of hydrogen-bond acceptors (Lipinski definition) is 2. The van der Waals surface area contributed by atoms with Crippen molar-refractivity contribution in [3.8, 4) is 5.75 Å². The summed E-state index contributed by atoms with van der Waals surface area (Å²) in [6.45, 7) is 4.57. The summed E-state index contributed by atoms with van der Waals surface area (Å²) in [5.41, 5.74) is 5.11. The van der Waals surface area contributed by atoms with E-state index in [9.17, 15) is 4.79 Å². The van der Waals surface area contributed by atoms with E-state index in [1.807, 2.05) is 25.1 Å². The maximum atomic E-state index is 12.5. The lowest BCUT2D eigenvalue weighted by Gasteiger charge is -2.20. The molecule has 1 atom stereocenters. The van der Waals surface area contributed by atoms with Crippen molar-refractivity contribution in [2.45, 2.75) is 58.6 Å². The molecule has 1 N–H and O–H groups in total. The maximum Gasteiger partial charge on any atom is 0.261 e. The van der Waals surface area contributed by atoms with Crippen LogP contribution in [0.2, 0.25) is 0 Å². The molecule has 0 saturated heterocycles. The average Bonchev–Trinajstić information content (AvgIpc) is 2.64. The molecule has 3 nitrogen and oxygen atoms in total. The van der Waals surface area contributed by atoms with Crippen molar-refractivity contribution in [1.29, 1.82) is 0 Å². The van der Waals surface area contributed by atoms with Crippen LogP contribution in [0.3, 0.4) is 0 Å². The molecule has 0 heterocycles. The van der Waals surface area contributed by atoms with Crippen molar-refractivity contribution in [3.63, 3.8) is 0 Å². The Morgan fingerprint density at radius 2 is 1.92 bits per heavy atom. The van der Waals surface area contributed by atoms with E-state index in [-0.39, 0.29) is 5.91 Å². The van der Waals surface area contributed by atoms with E-state index in [4.69, 9.17) is 4.74 Å². The first-order chi connectivity index (χ1) is 12.2. The van der Waals surface area contributed by atoms with Crippen LogP contribution in [-0.2, 0) is 24.2 Å². The van der Waals surface area contributed by atoms with Gasteiger partial charge < -0.3 is 10.1 Å². The maximum absolute atomic E-state index is 12.5. The number of aryl methyl sites for hydroxylation is 3. The largest absolute Gasteiger partial charge is 0.481 e. The highest BCUT2D eigenvalue weighted by molar-refractivity contribution is 5.81. The molecule has 1 unspecified atom stereocenters. The number of rotatable bonds is 6. The molecule has 1 aliphatic rings. The first-order valence-electron chi connectivity index (χ1n) is 9.27. The van der Waals surface area contributed by atoms with Crippen LogP contribution >= 0.6 is 0 Å². The van der Waals surface area contributed by atoms with Gasteiger partial charge in [0.05, 0.1) is 0 Å². The first-order valence-corrected chi connectivity index (χ1v) is 9.27.